The van der Waals surface area contributed by atoms with Crippen molar-refractivity contribution in [3.05, 3.63) is 35.4 Å². The number of anilines is 3. The van der Waals surface area contributed by atoms with E-state index in [1.165, 1.54) is 36.8 Å². The van der Waals surface area contributed by atoms with E-state index in [2.05, 4.69) is 56.3 Å². The smallest absolute Gasteiger partial charge is 0.231 e. The van der Waals surface area contributed by atoms with Gasteiger partial charge in [0.05, 0.1) is 0 Å². The average Bonchev–Trinajstić information content (AvgIpc) is 3.35. The van der Waals surface area contributed by atoms with Gasteiger partial charge in [-0.1, -0.05) is 29.8 Å². The van der Waals surface area contributed by atoms with Gasteiger partial charge in [0.25, 0.3) is 0 Å². The molecule has 2 aromatic rings. The van der Waals surface area contributed by atoms with Crippen LogP contribution in [0.15, 0.2) is 24.3 Å². The summed E-state index contributed by atoms with van der Waals surface area (Å²) < 4.78 is 0. The highest BCUT2D eigenvalue weighted by Gasteiger charge is 2.21. The number of rotatable bonds is 5. The van der Waals surface area contributed by atoms with Crippen LogP contribution in [0.4, 0.5) is 17.8 Å². The topological polar surface area (TPSA) is 57.2 Å². The fourth-order valence-corrected chi connectivity index (χ4v) is 3.44. The standard InChI is InChI=1S/C19H26N6/c1-15-6-8-16(9-7-15)14-20-17-21-18(24-10-2-3-11-24)23-19(22-17)25-12-4-5-13-25/h6-9H,2-5,10-14H2,1H3,(H,20,21,22,23). The summed E-state index contributed by atoms with van der Waals surface area (Å²) in [6.45, 7) is 7.00. The minimum absolute atomic E-state index is 0.680. The summed E-state index contributed by atoms with van der Waals surface area (Å²) >= 11 is 0. The SMILES string of the molecule is Cc1ccc(CNc2nc(N3CCCC3)nc(N3CCCC3)n2)cc1. The summed E-state index contributed by atoms with van der Waals surface area (Å²) in [5.41, 5.74) is 2.51. The highest BCUT2D eigenvalue weighted by Crippen LogP contribution is 2.23. The van der Waals surface area contributed by atoms with E-state index >= 15 is 0 Å². The van der Waals surface area contributed by atoms with Crippen molar-refractivity contribution >= 4 is 17.8 Å². The second-order valence-corrected chi connectivity index (χ2v) is 6.99. The van der Waals surface area contributed by atoms with Crippen LogP contribution in [0.2, 0.25) is 0 Å². The van der Waals surface area contributed by atoms with E-state index in [9.17, 15) is 0 Å². The maximum absolute atomic E-state index is 4.75. The van der Waals surface area contributed by atoms with Crippen LogP contribution in [0.3, 0.4) is 0 Å². The molecule has 0 radical (unpaired) electrons. The van der Waals surface area contributed by atoms with Crippen molar-refractivity contribution in [2.45, 2.75) is 39.2 Å². The van der Waals surface area contributed by atoms with E-state index in [0.29, 0.717) is 5.95 Å². The minimum Gasteiger partial charge on any atom is -0.350 e. The Bertz CT molecular complexity index is 668. The Balaban J connectivity index is 1.55. The van der Waals surface area contributed by atoms with Crippen LogP contribution in [0.5, 0.6) is 0 Å². The van der Waals surface area contributed by atoms with Crippen molar-refractivity contribution in [2.75, 3.05) is 41.3 Å². The van der Waals surface area contributed by atoms with E-state index in [1.807, 2.05) is 0 Å². The molecule has 0 aliphatic carbocycles. The van der Waals surface area contributed by atoms with E-state index in [1.54, 1.807) is 0 Å². The first-order valence-corrected chi connectivity index (χ1v) is 9.33. The molecule has 2 fully saturated rings. The van der Waals surface area contributed by atoms with Gasteiger partial charge in [-0.15, -0.1) is 0 Å². The van der Waals surface area contributed by atoms with Crippen molar-refractivity contribution in [1.29, 1.82) is 0 Å². The number of hydrogen-bond acceptors (Lipinski definition) is 6. The van der Waals surface area contributed by atoms with Crippen molar-refractivity contribution in [3.8, 4) is 0 Å². The number of nitrogens with one attached hydrogen (secondary N) is 1. The molecule has 0 amide bonds. The van der Waals surface area contributed by atoms with Crippen molar-refractivity contribution in [1.82, 2.24) is 15.0 Å². The van der Waals surface area contributed by atoms with E-state index in [0.717, 1.165) is 44.6 Å². The Morgan fingerprint density at radius 1 is 0.800 bits per heavy atom. The molecule has 3 heterocycles. The third-order valence-electron chi connectivity index (χ3n) is 4.96. The lowest BCUT2D eigenvalue weighted by atomic mass is 10.1. The second-order valence-electron chi connectivity index (χ2n) is 6.99. The number of nitrogens with zero attached hydrogens (tertiary/aromatic N) is 5. The van der Waals surface area contributed by atoms with Crippen LogP contribution >= 0.6 is 0 Å². The van der Waals surface area contributed by atoms with Gasteiger partial charge in [0.1, 0.15) is 0 Å². The molecular formula is C19H26N6. The van der Waals surface area contributed by atoms with Crippen LogP contribution in [0.1, 0.15) is 36.8 Å². The summed E-state index contributed by atoms with van der Waals surface area (Å²) in [6.07, 6.45) is 4.88. The molecular weight excluding hydrogens is 312 g/mol. The van der Waals surface area contributed by atoms with E-state index in [4.69, 9.17) is 4.98 Å². The Kier molecular flexibility index (Phi) is 4.68. The van der Waals surface area contributed by atoms with Gasteiger partial charge in [-0.05, 0) is 38.2 Å². The number of benzene rings is 1. The fourth-order valence-electron chi connectivity index (χ4n) is 3.44. The zero-order chi connectivity index (χ0) is 17.1. The highest BCUT2D eigenvalue weighted by molar-refractivity contribution is 5.46. The van der Waals surface area contributed by atoms with Gasteiger partial charge < -0.3 is 15.1 Å². The summed E-state index contributed by atoms with van der Waals surface area (Å²) in [5, 5.41) is 3.39. The molecule has 0 saturated carbocycles. The Labute approximate surface area is 149 Å². The largest absolute Gasteiger partial charge is 0.350 e. The van der Waals surface area contributed by atoms with Crippen LogP contribution in [0.25, 0.3) is 0 Å². The molecule has 1 N–H and O–H groups in total. The molecule has 0 spiro atoms. The highest BCUT2D eigenvalue weighted by atomic mass is 15.4. The zero-order valence-electron chi connectivity index (χ0n) is 14.9. The molecule has 1 aromatic heterocycles. The third kappa shape index (κ3) is 3.83. The fraction of sp³-hybridized carbons (Fsp3) is 0.526. The van der Waals surface area contributed by atoms with E-state index in [-0.39, 0.29) is 0 Å². The van der Waals surface area contributed by atoms with Gasteiger partial charge in [0.15, 0.2) is 0 Å². The van der Waals surface area contributed by atoms with Crippen LogP contribution in [0, 0.1) is 6.92 Å². The van der Waals surface area contributed by atoms with Gasteiger partial charge >= 0.3 is 0 Å². The molecule has 2 aliphatic rings. The monoisotopic (exact) mass is 338 g/mol. The predicted molar refractivity (Wildman–Crippen MR) is 101 cm³/mol. The van der Waals surface area contributed by atoms with Gasteiger partial charge in [-0.2, -0.15) is 15.0 Å². The number of aryl methyl sites for hydroxylation is 1. The average molecular weight is 338 g/mol. The summed E-state index contributed by atoms with van der Waals surface area (Å²) in [6, 6.07) is 8.56. The van der Waals surface area contributed by atoms with Gasteiger partial charge in [0, 0.05) is 32.7 Å². The lowest BCUT2D eigenvalue weighted by molar-refractivity contribution is 0.836. The lowest BCUT2D eigenvalue weighted by Gasteiger charge is -2.20. The van der Waals surface area contributed by atoms with Crippen molar-refractivity contribution < 1.29 is 0 Å². The lowest BCUT2D eigenvalue weighted by Crippen LogP contribution is -2.26. The second kappa shape index (κ2) is 7.25. The zero-order valence-corrected chi connectivity index (χ0v) is 14.9. The van der Waals surface area contributed by atoms with Gasteiger partial charge in [-0.3, -0.25) is 0 Å². The number of aromatic nitrogens is 3. The van der Waals surface area contributed by atoms with Gasteiger partial charge in [0.2, 0.25) is 17.8 Å². The van der Waals surface area contributed by atoms with Gasteiger partial charge in [-0.25, -0.2) is 0 Å². The molecule has 0 bridgehead atoms. The molecule has 25 heavy (non-hydrogen) atoms. The Morgan fingerprint density at radius 2 is 1.32 bits per heavy atom. The van der Waals surface area contributed by atoms with E-state index < -0.39 is 0 Å². The predicted octanol–water partition coefficient (Wildman–Crippen LogP) is 2.99. The first kappa shape index (κ1) is 16.1. The van der Waals surface area contributed by atoms with Crippen LogP contribution in [-0.4, -0.2) is 41.1 Å². The maximum Gasteiger partial charge on any atom is 0.231 e. The molecule has 0 atom stereocenters. The van der Waals surface area contributed by atoms with Crippen molar-refractivity contribution in [3.63, 3.8) is 0 Å². The molecule has 1 aromatic carbocycles. The van der Waals surface area contributed by atoms with Crippen LogP contribution < -0.4 is 15.1 Å². The maximum atomic E-state index is 4.75. The molecule has 0 unspecified atom stereocenters. The Hall–Kier alpha value is -2.37. The molecule has 6 heteroatoms. The molecule has 2 saturated heterocycles. The quantitative estimate of drug-likeness (QED) is 0.904. The molecule has 132 valence electrons. The first-order valence-electron chi connectivity index (χ1n) is 9.33. The minimum atomic E-state index is 0.680. The summed E-state index contributed by atoms with van der Waals surface area (Å²) in [7, 11) is 0. The molecule has 6 nitrogen and oxygen atoms in total. The normalized spacial score (nSPS) is 17.3. The molecule has 2 aliphatic heterocycles. The molecule has 4 rings (SSSR count). The summed E-state index contributed by atoms with van der Waals surface area (Å²) in [4.78, 5) is 18.7. The number of hydrogen-bond donors (Lipinski definition) is 1. The Morgan fingerprint density at radius 3 is 1.84 bits per heavy atom. The summed E-state index contributed by atoms with van der Waals surface area (Å²) in [5.74, 6) is 2.32. The first-order chi connectivity index (χ1) is 12.3. The van der Waals surface area contributed by atoms with Crippen molar-refractivity contribution in [2.24, 2.45) is 0 Å². The third-order valence-corrected chi connectivity index (χ3v) is 4.96. The van der Waals surface area contributed by atoms with Crippen LogP contribution in [-0.2, 0) is 6.54 Å².